The average molecular weight is 370 g/mol. The van der Waals surface area contributed by atoms with Gasteiger partial charge in [0.05, 0.1) is 11.5 Å². The summed E-state index contributed by atoms with van der Waals surface area (Å²) in [6.07, 6.45) is 9.79. The third kappa shape index (κ3) is 4.15. The maximum absolute atomic E-state index is 12.8. The molecule has 0 bridgehead atoms. The summed E-state index contributed by atoms with van der Waals surface area (Å²) < 4.78 is 0. The molecule has 1 aromatic rings. The number of amides is 2. The lowest BCUT2D eigenvalue weighted by Gasteiger charge is -2.42. The minimum atomic E-state index is 0.0854. The zero-order valence-electron chi connectivity index (χ0n) is 16.1. The van der Waals surface area contributed by atoms with Crippen LogP contribution in [0.15, 0.2) is 24.5 Å². The second-order valence-corrected chi connectivity index (χ2v) is 8.13. The third-order valence-electron chi connectivity index (χ3n) is 6.40. The predicted molar refractivity (Wildman–Crippen MR) is 103 cm³/mol. The Morgan fingerprint density at radius 1 is 0.926 bits per heavy atom. The Hall–Kier alpha value is -1.95. The lowest BCUT2D eigenvalue weighted by molar-refractivity contribution is -0.136. The maximum atomic E-state index is 12.8. The minimum Gasteiger partial charge on any atom is -0.342 e. The summed E-state index contributed by atoms with van der Waals surface area (Å²) in [7, 11) is 0. The highest BCUT2D eigenvalue weighted by Crippen LogP contribution is 2.26. The number of hydrogen-bond donors (Lipinski definition) is 0. The van der Waals surface area contributed by atoms with Gasteiger partial charge in [-0.05, 0) is 57.2 Å². The Kier molecular flexibility index (Phi) is 5.72. The van der Waals surface area contributed by atoms with E-state index in [1.165, 1.54) is 0 Å². The number of carbonyl (C=O) groups excluding carboxylic acids is 2. The van der Waals surface area contributed by atoms with Gasteiger partial charge in [-0.1, -0.05) is 0 Å². The largest absolute Gasteiger partial charge is 0.342 e. The Morgan fingerprint density at radius 2 is 1.70 bits per heavy atom. The molecule has 1 atom stereocenters. The van der Waals surface area contributed by atoms with Crippen LogP contribution >= 0.6 is 0 Å². The first-order valence-corrected chi connectivity index (χ1v) is 10.4. The second kappa shape index (κ2) is 8.38. The first kappa shape index (κ1) is 18.4. The van der Waals surface area contributed by atoms with E-state index in [1.807, 2.05) is 17.0 Å². The van der Waals surface area contributed by atoms with E-state index < -0.39 is 0 Å². The summed E-state index contributed by atoms with van der Waals surface area (Å²) in [5, 5.41) is 0. The van der Waals surface area contributed by atoms with Crippen LogP contribution in [-0.4, -0.2) is 76.8 Å². The molecule has 4 rings (SSSR count). The number of rotatable bonds is 3. The van der Waals surface area contributed by atoms with E-state index in [4.69, 9.17) is 0 Å². The SMILES string of the molecule is O=C(c1cccnc1)N1CCC(N2CCC[C@@H](C(=O)N3CCCC3)C2)CC1. The first-order valence-electron chi connectivity index (χ1n) is 10.4. The van der Waals surface area contributed by atoms with E-state index in [-0.39, 0.29) is 11.8 Å². The predicted octanol–water partition coefficient (Wildman–Crippen LogP) is 2.02. The summed E-state index contributed by atoms with van der Waals surface area (Å²) >= 11 is 0. The fourth-order valence-electron chi connectivity index (χ4n) is 4.84. The molecule has 0 radical (unpaired) electrons. The third-order valence-corrected chi connectivity index (χ3v) is 6.40. The number of nitrogens with zero attached hydrogens (tertiary/aromatic N) is 4. The van der Waals surface area contributed by atoms with Gasteiger partial charge < -0.3 is 9.80 Å². The van der Waals surface area contributed by atoms with Gasteiger partial charge in [0, 0.05) is 51.2 Å². The molecule has 1 aromatic heterocycles. The summed E-state index contributed by atoms with van der Waals surface area (Å²) in [4.78, 5) is 36.0. The highest BCUT2D eigenvalue weighted by molar-refractivity contribution is 5.93. The van der Waals surface area contributed by atoms with Crippen LogP contribution in [-0.2, 0) is 4.79 Å². The topological polar surface area (TPSA) is 56.8 Å². The number of piperidine rings is 2. The van der Waals surface area contributed by atoms with Crippen LogP contribution in [0.1, 0.15) is 48.9 Å². The van der Waals surface area contributed by atoms with Gasteiger partial charge >= 0.3 is 0 Å². The summed E-state index contributed by atoms with van der Waals surface area (Å²) in [6.45, 7) is 5.47. The van der Waals surface area contributed by atoms with Crippen molar-refractivity contribution in [1.82, 2.24) is 19.7 Å². The molecule has 27 heavy (non-hydrogen) atoms. The molecule has 0 aliphatic carbocycles. The smallest absolute Gasteiger partial charge is 0.255 e. The highest BCUT2D eigenvalue weighted by Gasteiger charge is 2.34. The molecule has 0 saturated carbocycles. The van der Waals surface area contributed by atoms with Crippen molar-refractivity contribution in [2.45, 2.75) is 44.6 Å². The fourth-order valence-corrected chi connectivity index (χ4v) is 4.84. The van der Waals surface area contributed by atoms with Crippen molar-refractivity contribution in [3.8, 4) is 0 Å². The van der Waals surface area contributed by atoms with Gasteiger partial charge in [-0.25, -0.2) is 0 Å². The van der Waals surface area contributed by atoms with Gasteiger partial charge in [0.15, 0.2) is 0 Å². The van der Waals surface area contributed by atoms with Crippen LogP contribution in [0, 0.1) is 5.92 Å². The Morgan fingerprint density at radius 3 is 2.41 bits per heavy atom. The lowest BCUT2D eigenvalue weighted by atomic mass is 9.92. The Bertz CT molecular complexity index is 651. The fraction of sp³-hybridized carbons (Fsp3) is 0.667. The highest BCUT2D eigenvalue weighted by atomic mass is 16.2. The quantitative estimate of drug-likeness (QED) is 0.817. The monoisotopic (exact) mass is 370 g/mol. The zero-order chi connectivity index (χ0) is 18.6. The van der Waals surface area contributed by atoms with Crippen LogP contribution in [0.4, 0.5) is 0 Å². The number of aromatic nitrogens is 1. The van der Waals surface area contributed by atoms with E-state index in [0.29, 0.717) is 17.5 Å². The molecule has 2 amide bonds. The molecule has 0 unspecified atom stereocenters. The van der Waals surface area contributed by atoms with Gasteiger partial charge in [0.2, 0.25) is 5.91 Å². The molecule has 146 valence electrons. The normalized spacial score (nSPS) is 25.0. The molecule has 3 aliphatic rings. The van der Waals surface area contributed by atoms with Gasteiger partial charge in [0.1, 0.15) is 0 Å². The van der Waals surface area contributed by atoms with E-state index in [1.54, 1.807) is 12.4 Å². The van der Waals surface area contributed by atoms with Crippen LogP contribution in [0.25, 0.3) is 0 Å². The standard InChI is InChI=1S/C21H30N4O2/c26-20(17-5-3-9-22-15-17)24-13-7-19(8-14-24)25-12-4-6-18(16-25)21(27)23-10-1-2-11-23/h3,5,9,15,18-19H,1-2,4,6-8,10-14,16H2/t18-/m1/s1. The molecule has 3 saturated heterocycles. The van der Waals surface area contributed by atoms with Gasteiger partial charge in [-0.3, -0.25) is 19.5 Å². The molecular formula is C21H30N4O2. The van der Waals surface area contributed by atoms with Gasteiger partial charge in [0.25, 0.3) is 5.91 Å². The number of likely N-dealkylation sites (tertiary alicyclic amines) is 3. The summed E-state index contributed by atoms with van der Waals surface area (Å²) in [5.74, 6) is 0.635. The van der Waals surface area contributed by atoms with Crippen molar-refractivity contribution in [1.29, 1.82) is 0 Å². The van der Waals surface area contributed by atoms with Crippen LogP contribution < -0.4 is 0 Å². The molecule has 0 N–H and O–H groups in total. The van der Waals surface area contributed by atoms with Crippen molar-refractivity contribution in [3.63, 3.8) is 0 Å². The molecule has 0 aromatic carbocycles. The molecule has 6 nitrogen and oxygen atoms in total. The van der Waals surface area contributed by atoms with Crippen LogP contribution in [0.3, 0.4) is 0 Å². The van der Waals surface area contributed by atoms with Crippen molar-refractivity contribution < 1.29 is 9.59 Å². The average Bonchev–Trinajstić information content (AvgIpc) is 3.28. The maximum Gasteiger partial charge on any atom is 0.255 e. The van der Waals surface area contributed by atoms with Gasteiger partial charge in [-0.15, -0.1) is 0 Å². The molecule has 3 aliphatic heterocycles. The van der Waals surface area contributed by atoms with Crippen molar-refractivity contribution >= 4 is 11.8 Å². The van der Waals surface area contributed by atoms with Crippen molar-refractivity contribution in [2.24, 2.45) is 5.92 Å². The molecular weight excluding hydrogens is 340 g/mol. The molecule has 6 heteroatoms. The molecule has 4 heterocycles. The molecule has 3 fully saturated rings. The summed E-state index contributed by atoms with van der Waals surface area (Å²) in [5.41, 5.74) is 0.671. The van der Waals surface area contributed by atoms with E-state index in [2.05, 4.69) is 14.8 Å². The van der Waals surface area contributed by atoms with Crippen molar-refractivity contribution in [3.05, 3.63) is 30.1 Å². The van der Waals surface area contributed by atoms with Gasteiger partial charge in [-0.2, -0.15) is 0 Å². The zero-order valence-corrected chi connectivity index (χ0v) is 16.1. The van der Waals surface area contributed by atoms with E-state index in [0.717, 1.165) is 77.8 Å². The summed E-state index contributed by atoms with van der Waals surface area (Å²) in [6, 6.07) is 4.14. The minimum absolute atomic E-state index is 0.0854. The first-order chi connectivity index (χ1) is 13.2. The van der Waals surface area contributed by atoms with Crippen LogP contribution in [0.5, 0.6) is 0 Å². The number of hydrogen-bond acceptors (Lipinski definition) is 4. The number of carbonyl (C=O) groups is 2. The Labute approximate surface area is 161 Å². The number of pyridine rings is 1. The van der Waals surface area contributed by atoms with E-state index in [9.17, 15) is 9.59 Å². The second-order valence-electron chi connectivity index (χ2n) is 8.13. The van der Waals surface area contributed by atoms with Crippen molar-refractivity contribution in [2.75, 3.05) is 39.3 Å². The molecule has 0 spiro atoms. The van der Waals surface area contributed by atoms with E-state index >= 15 is 0 Å². The van der Waals surface area contributed by atoms with Crippen LogP contribution in [0.2, 0.25) is 0 Å². The Balaban J connectivity index is 1.30. The lowest BCUT2D eigenvalue weighted by Crippen LogP contribution is -2.51.